The topological polar surface area (TPSA) is 127 Å². The lowest BCUT2D eigenvalue weighted by Gasteiger charge is -2.21. The molecule has 8 heteroatoms. The summed E-state index contributed by atoms with van der Waals surface area (Å²) < 4.78 is 5.48. The molecular formula is C19H26N4O4. The first-order chi connectivity index (χ1) is 12.7. The van der Waals surface area contributed by atoms with E-state index in [1.807, 2.05) is 13.8 Å². The van der Waals surface area contributed by atoms with E-state index in [-0.39, 0.29) is 11.8 Å². The lowest BCUT2D eigenvalue weighted by atomic mass is 10.0. The van der Waals surface area contributed by atoms with E-state index in [1.54, 1.807) is 31.2 Å². The second kappa shape index (κ2) is 8.77. The molecule has 8 nitrogen and oxygen atoms in total. The van der Waals surface area contributed by atoms with Crippen LogP contribution in [0.3, 0.4) is 0 Å². The van der Waals surface area contributed by atoms with Gasteiger partial charge in [0.25, 0.3) is 5.89 Å². The fraction of sp³-hybridized carbons (Fsp3) is 0.474. The minimum absolute atomic E-state index is 0.0515. The Hall–Kier alpha value is -2.74. The number of nitrogens with two attached hydrogens (primary N) is 1. The number of hydrogen-bond donors (Lipinski definition) is 3. The summed E-state index contributed by atoms with van der Waals surface area (Å²) in [4.78, 5) is 41.2. The molecular weight excluding hydrogens is 348 g/mol. The highest BCUT2D eigenvalue weighted by molar-refractivity contribution is 6.00. The molecule has 1 heterocycles. The van der Waals surface area contributed by atoms with Crippen LogP contribution in [0.2, 0.25) is 0 Å². The molecule has 0 radical (unpaired) electrons. The molecule has 3 atom stereocenters. The summed E-state index contributed by atoms with van der Waals surface area (Å²) >= 11 is 0. The number of oxazole rings is 1. The number of benzene rings is 1. The van der Waals surface area contributed by atoms with Crippen LogP contribution in [0, 0.1) is 5.92 Å². The number of nitrogens with zero attached hydrogens (tertiary/aromatic N) is 1. The molecule has 0 aliphatic carbocycles. The van der Waals surface area contributed by atoms with Gasteiger partial charge in [-0.2, -0.15) is 0 Å². The Labute approximate surface area is 157 Å². The van der Waals surface area contributed by atoms with Gasteiger partial charge in [-0.05, 0) is 31.4 Å². The third kappa shape index (κ3) is 4.91. The van der Waals surface area contributed by atoms with Crippen molar-refractivity contribution in [3.63, 3.8) is 0 Å². The zero-order valence-corrected chi connectivity index (χ0v) is 16.0. The van der Waals surface area contributed by atoms with Crippen molar-refractivity contribution in [3.05, 3.63) is 30.2 Å². The summed E-state index contributed by atoms with van der Waals surface area (Å²) in [5.74, 6) is -1.41. The van der Waals surface area contributed by atoms with Crippen LogP contribution in [-0.4, -0.2) is 40.7 Å². The third-order valence-electron chi connectivity index (χ3n) is 4.32. The van der Waals surface area contributed by atoms with Crippen LogP contribution in [0.4, 0.5) is 0 Å². The Kier molecular flexibility index (Phi) is 6.68. The van der Waals surface area contributed by atoms with Crippen LogP contribution in [0.1, 0.15) is 44.8 Å². The third-order valence-corrected chi connectivity index (χ3v) is 4.32. The molecule has 0 spiro atoms. The first-order valence-electron chi connectivity index (χ1n) is 9.00. The van der Waals surface area contributed by atoms with Gasteiger partial charge >= 0.3 is 0 Å². The maximum absolute atomic E-state index is 12.6. The van der Waals surface area contributed by atoms with Crippen LogP contribution < -0.4 is 16.4 Å². The van der Waals surface area contributed by atoms with Gasteiger partial charge in [0.1, 0.15) is 11.6 Å². The molecule has 27 heavy (non-hydrogen) atoms. The van der Waals surface area contributed by atoms with E-state index in [0.717, 1.165) is 0 Å². The second-order valence-corrected chi connectivity index (χ2v) is 6.82. The fourth-order valence-corrected chi connectivity index (χ4v) is 2.45. The van der Waals surface area contributed by atoms with Crippen LogP contribution in [0.15, 0.2) is 28.7 Å². The van der Waals surface area contributed by atoms with Crippen LogP contribution in [0.25, 0.3) is 11.1 Å². The van der Waals surface area contributed by atoms with Gasteiger partial charge in [-0.1, -0.05) is 32.9 Å². The molecule has 0 saturated heterocycles. The highest BCUT2D eigenvalue weighted by Gasteiger charge is 2.28. The van der Waals surface area contributed by atoms with E-state index in [1.165, 1.54) is 6.92 Å². The first-order valence-corrected chi connectivity index (χ1v) is 9.00. The molecule has 0 fully saturated rings. The molecule has 4 N–H and O–H groups in total. The standard InChI is InChI=1S/C19H26N4O4/c1-5-12(16(24)19-23-13-8-6-7-9-14(13)27-19)22-17(25)11(4)21-18(26)15(20)10(2)3/h6-12,15H,5,20H2,1-4H3,(H,21,26)(H,22,25). The van der Waals surface area contributed by atoms with Crippen molar-refractivity contribution in [3.8, 4) is 0 Å². The number of aromatic nitrogens is 1. The van der Waals surface area contributed by atoms with Gasteiger partial charge in [0.15, 0.2) is 5.58 Å². The Morgan fingerprint density at radius 2 is 1.78 bits per heavy atom. The quantitative estimate of drug-likeness (QED) is 0.599. The molecule has 146 valence electrons. The number of carbonyl (C=O) groups is 3. The van der Waals surface area contributed by atoms with Gasteiger partial charge < -0.3 is 20.8 Å². The number of hydrogen-bond acceptors (Lipinski definition) is 6. The molecule has 0 bridgehead atoms. The van der Waals surface area contributed by atoms with Gasteiger partial charge in [-0.3, -0.25) is 14.4 Å². The SMILES string of the molecule is CCC(NC(=O)C(C)NC(=O)C(N)C(C)C)C(=O)c1nc2ccccc2o1. The average molecular weight is 374 g/mol. The summed E-state index contributed by atoms with van der Waals surface area (Å²) in [6.07, 6.45) is 0.357. The molecule has 2 aromatic rings. The Balaban J connectivity index is 2.03. The lowest BCUT2D eigenvalue weighted by Crippen LogP contribution is -2.54. The number of amides is 2. The minimum atomic E-state index is -0.826. The molecule has 0 aliphatic rings. The van der Waals surface area contributed by atoms with Crippen molar-refractivity contribution in [2.75, 3.05) is 0 Å². The van der Waals surface area contributed by atoms with Gasteiger partial charge in [-0.15, -0.1) is 0 Å². The average Bonchev–Trinajstić information content (AvgIpc) is 3.08. The number of nitrogens with one attached hydrogen (secondary N) is 2. The predicted octanol–water partition coefficient (Wildman–Crippen LogP) is 1.39. The van der Waals surface area contributed by atoms with Crippen molar-refractivity contribution in [1.82, 2.24) is 15.6 Å². The summed E-state index contributed by atoms with van der Waals surface area (Å²) in [6, 6.07) is 4.70. The monoisotopic (exact) mass is 374 g/mol. The molecule has 2 amide bonds. The number of Topliss-reactive ketones (excluding diaryl/α,β-unsaturated/α-hetero) is 1. The van der Waals surface area contributed by atoms with Crippen molar-refractivity contribution in [2.45, 2.75) is 52.2 Å². The van der Waals surface area contributed by atoms with Gasteiger partial charge in [-0.25, -0.2) is 4.98 Å². The van der Waals surface area contributed by atoms with Gasteiger partial charge in [0.2, 0.25) is 17.6 Å². The number of carbonyl (C=O) groups excluding carboxylic acids is 3. The zero-order chi connectivity index (χ0) is 20.1. The first kappa shape index (κ1) is 20.6. The molecule has 1 aromatic carbocycles. The van der Waals surface area contributed by atoms with Crippen molar-refractivity contribution < 1.29 is 18.8 Å². The minimum Gasteiger partial charge on any atom is -0.434 e. The zero-order valence-electron chi connectivity index (χ0n) is 16.0. The maximum Gasteiger partial charge on any atom is 0.266 e. The highest BCUT2D eigenvalue weighted by atomic mass is 16.4. The highest BCUT2D eigenvalue weighted by Crippen LogP contribution is 2.16. The second-order valence-electron chi connectivity index (χ2n) is 6.82. The van der Waals surface area contributed by atoms with Gasteiger partial charge in [0, 0.05) is 0 Å². The molecule has 0 saturated carbocycles. The van der Waals surface area contributed by atoms with Crippen LogP contribution in [0.5, 0.6) is 0 Å². The smallest absolute Gasteiger partial charge is 0.266 e. The van der Waals surface area contributed by atoms with E-state index in [2.05, 4.69) is 15.6 Å². The number of fused-ring (bicyclic) bond motifs is 1. The largest absolute Gasteiger partial charge is 0.434 e. The van der Waals surface area contributed by atoms with Crippen LogP contribution >= 0.6 is 0 Å². The number of ketones is 1. The summed E-state index contributed by atoms with van der Waals surface area (Å²) in [5.41, 5.74) is 6.86. The number of rotatable bonds is 8. The van der Waals surface area contributed by atoms with E-state index in [0.29, 0.717) is 17.5 Å². The van der Waals surface area contributed by atoms with Crippen molar-refractivity contribution in [2.24, 2.45) is 11.7 Å². The fourth-order valence-electron chi connectivity index (χ4n) is 2.45. The maximum atomic E-state index is 12.6. The van der Waals surface area contributed by atoms with Crippen LogP contribution in [-0.2, 0) is 9.59 Å². The molecule has 0 aliphatic heterocycles. The normalized spacial score (nSPS) is 14.6. The summed E-state index contributed by atoms with van der Waals surface area (Å²) in [5, 5.41) is 5.20. The predicted molar refractivity (Wildman–Crippen MR) is 101 cm³/mol. The molecule has 3 unspecified atom stereocenters. The number of para-hydroxylation sites is 2. The summed E-state index contributed by atoms with van der Waals surface area (Å²) in [7, 11) is 0. The van der Waals surface area contributed by atoms with Crippen molar-refractivity contribution >= 4 is 28.7 Å². The van der Waals surface area contributed by atoms with Gasteiger partial charge in [0.05, 0.1) is 12.1 Å². The Bertz CT molecular complexity index is 797. The lowest BCUT2D eigenvalue weighted by molar-refractivity contribution is -0.129. The van der Waals surface area contributed by atoms with Crippen molar-refractivity contribution in [1.29, 1.82) is 0 Å². The van der Waals surface area contributed by atoms with E-state index in [4.69, 9.17) is 10.2 Å². The van der Waals surface area contributed by atoms with E-state index >= 15 is 0 Å². The Morgan fingerprint density at radius 1 is 1.11 bits per heavy atom. The van der Waals surface area contributed by atoms with E-state index < -0.39 is 35.7 Å². The molecule has 1 aromatic heterocycles. The van der Waals surface area contributed by atoms with E-state index in [9.17, 15) is 14.4 Å². The summed E-state index contributed by atoms with van der Waals surface area (Å²) in [6.45, 7) is 6.95. The molecule has 2 rings (SSSR count). The Morgan fingerprint density at radius 3 is 2.37 bits per heavy atom.